The summed E-state index contributed by atoms with van der Waals surface area (Å²) in [6, 6.07) is 10.0. The molecule has 1 N–H and O–H groups in total. The van der Waals surface area contributed by atoms with E-state index in [0.717, 1.165) is 5.69 Å². The zero-order valence-electron chi connectivity index (χ0n) is 11.8. The fraction of sp³-hybridized carbons (Fsp3) is 0.538. The third-order valence-electron chi connectivity index (χ3n) is 3.00. The summed E-state index contributed by atoms with van der Waals surface area (Å²) in [6.45, 7) is 4.25. The van der Waals surface area contributed by atoms with Crippen LogP contribution in [0.1, 0.15) is 13.8 Å². The molecular formula is C13H23NO3Si. The van der Waals surface area contributed by atoms with Crippen LogP contribution in [0.5, 0.6) is 0 Å². The summed E-state index contributed by atoms with van der Waals surface area (Å²) in [4.78, 5) is 0. The van der Waals surface area contributed by atoms with Gasteiger partial charge < -0.3 is 18.6 Å². The fourth-order valence-electron chi connectivity index (χ4n) is 2.01. The highest BCUT2D eigenvalue weighted by atomic mass is 28.4. The van der Waals surface area contributed by atoms with Crippen molar-refractivity contribution in [2.75, 3.05) is 26.6 Å². The average molecular weight is 269 g/mol. The highest BCUT2D eigenvalue weighted by Crippen LogP contribution is 2.23. The third-order valence-corrected chi connectivity index (χ3v) is 6.28. The second-order valence-corrected chi connectivity index (χ2v) is 7.50. The molecular weight excluding hydrogens is 246 g/mol. The van der Waals surface area contributed by atoms with Gasteiger partial charge in [-0.1, -0.05) is 32.0 Å². The Morgan fingerprint density at radius 1 is 0.944 bits per heavy atom. The van der Waals surface area contributed by atoms with E-state index in [1.165, 1.54) is 0 Å². The maximum Gasteiger partial charge on any atom is 0.523 e. The van der Waals surface area contributed by atoms with Crippen molar-refractivity contribution in [1.82, 2.24) is 0 Å². The number of hydrogen-bond donors (Lipinski definition) is 1. The van der Waals surface area contributed by atoms with Gasteiger partial charge in [-0.3, -0.25) is 0 Å². The Hall–Kier alpha value is -0.883. The van der Waals surface area contributed by atoms with Gasteiger partial charge in [-0.05, 0) is 18.1 Å². The maximum atomic E-state index is 5.56. The Balaban J connectivity index is 2.95. The van der Waals surface area contributed by atoms with Crippen molar-refractivity contribution < 1.29 is 13.3 Å². The van der Waals surface area contributed by atoms with Crippen LogP contribution >= 0.6 is 0 Å². The van der Waals surface area contributed by atoms with Crippen LogP contribution in [0.25, 0.3) is 0 Å². The number of rotatable bonds is 7. The summed E-state index contributed by atoms with van der Waals surface area (Å²) in [5.74, 6) is 0.330. The molecule has 0 fully saturated rings. The fourth-order valence-corrected chi connectivity index (χ4v) is 4.43. The molecule has 1 rings (SSSR count). The lowest BCUT2D eigenvalue weighted by Gasteiger charge is -2.35. The van der Waals surface area contributed by atoms with E-state index >= 15 is 0 Å². The first-order chi connectivity index (χ1) is 8.59. The first-order valence-electron chi connectivity index (χ1n) is 6.06. The number of benzene rings is 1. The lowest BCUT2D eigenvalue weighted by Crippen LogP contribution is -2.59. The number of para-hydroxylation sites is 1. The average Bonchev–Trinajstić information content (AvgIpc) is 2.41. The Morgan fingerprint density at radius 3 is 1.83 bits per heavy atom. The van der Waals surface area contributed by atoms with Gasteiger partial charge in [0.05, 0.1) is 5.67 Å². The maximum absolute atomic E-state index is 5.56. The quantitative estimate of drug-likeness (QED) is 0.772. The van der Waals surface area contributed by atoms with Crippen LogP contribution in [-0.2, 0) is 13.3 Å². The summed E-state index contributed by atoms with van der Waals surface area (Å²) >= 11 is 0. The topological polar surface area (TPSA) is 39.7 Å². The van der Waals surface area contributed by atoms with E-state index in [2.05, 4.69) is 19.2 Å². The molecule has 5 heteroatoms. The Labute approximate surface area is 111 Å². The van der Waals surface area contributed by atoms with Crippen LogP contribution in [0.15, 0.2) is 30.3 Å². The monoisotopic (exact) mass is 269 g/mol. The van der Waals surface area contributed by atoms with Gasteiger partial charge in [0.2, 0.25) is 0 Å². The summed E-state index contributed by atoms with van der Waals surface area (Å²) in [5.41, 5.74) is 1.05. The molecule has 0 saturated heterocycles. The smallest absolute Gasteiger partial charge is 0.378 e. The molecule has 4 nitrogen and oxygen atoms in total. The van der Waals surface area contributed by atoms with Crippen LogP contribution in [0.2, 0.25) is 0 Å². The highest BCUT2D eigenvalue weighted by molar-refractivity contribution is 6.63. The summed E-state index contributed by atoms with van der Waals surface area (Å²) in [6.07, 6.45) is 0. The zero-order valence-corrected chi connectivity index (χ0v) is 12.8. The van der Waals surface area contributed by atoms with Crippen molar-refractivity contribution >= 4 is 14.5 Å². The second kappa shape index (κ2) is 6.89. The van der Waals surface area contributed by atoms with Gasteiger partial charge >= 0.3 is 8.80 Å². The van der Waals surface area contributed by atoms with Crippen molar-refractivity contribution in [3.63, 3.8) is 0 Å². The van der Waals surface area contributed by atoms with E-state index in [-0.39, 0.29) is 5.67 Å². The van der Waals surface area contributed by atoms with E-state index in [4.69, 9.17) is 13.3 Å². The minimum absolute atomic E-state index is 0.0138. The Morgan fingerprint density at radius 2 is 1.44 bits per heavy atom. The van der Waals surface area contributed by atoms with Crippen LogP contribution in [0.3, 0.4) is 0 Å². The highest BCUT2D eigenvalue weighted by Gasteiger charge is 2.49. The van der Waals surface area contributed by atoms with E-state index in [9.17, 15) is 0 Å². The molecule has 0 aliphatic heterocycles. The molecule has 102 valence electrons. The molecule has 18 heavy (non-hydrogen) atoms. The number of nitrogens with one attached hydrogen (secondary N) is 1. The molecule has 0 bridgehead atoms. The van der Waals surface area contributed by atoms with Crippen LogP contribution in [-0.4, -0.2) is 35.8 Å². The minimum Gasteiger partial charge on any atom is -0.378 e. The molecule has 0 heterocycles. The van der Waals surface area contributed by atoms with Crippen molar-refractivity contribution in [3.8, 4) is 0 Å². The molecule has 0 radical (unpaired) electrons. The minimum atomic E-state index is -2.70. The van der Waals surface area contributed by atoms with Crippen LogP contribution < -0.4 is 5.32 Å². The predicted molar refractivity (Wildman–Crippen MR) is 75.5 cm³/mol. The molecule has 1 aromatic rings. The molecule has 0 aliphatic rings. The van der Waals surface area contributed by atoms with Gasteiger partial charge in [0.25, 0.3) is 0 Å². The summed E-state index contributed by atoms with van der Waals surface area (Å²) in [7, 11) is 2.22. The normalized spacial score (nSPS) is 13.7. The first kappa shape index (κ1) is 15.2. The summed E-state index contributed by atoms with van der Waals surface area (Å²) < 4.78 is 16.7. The van der Waals surface area contributed by atoms with Crippen molar-refractivity contribution in [2.24, 2.45) is 5.92 Å². The summed E-state index contributed by atoms with van der Waals surface area (Å²) in [5, 5.41) is 3.46. The molecule has 1 aromatic carbocycles. The molecule has 1 atom stereocenters. The molecule has 0 spiro atoms. The van der Waals surface area contributed by atoms with Crippen molar-refractivity contribution in [1.29, 1.82) is 0 Å². The molecule has 0 saturated carbocycles. The Bertz CT molecular complexity index is 333. The number of hydrogen-bond acceptors (Lipinski definition) is 4. The second-order valence-electron chi connectivity index (χ2n) is 4.45. The SMILES string of the molecule is CO[Si](OC)(OC)C(Nc1ccccc1)C(C)C. The molecule has 1 unspecified atom stereocenters. The van der Waals surface area contributed by atoms with E-state index in [1.807, 2.05) is 30.3 Å². The van der Waals surface area contributed by atoms with Crippen molar-refractivity contribution in [3.05, 3.63) is 30.3 Å². The number of anilines is 1. The van der Waals surface area contributed by atoms with Gasteiger partial charge in [-0.15, -0.1) is 0 Å². The van der Waals surface area contributed by atoms with Crippen molar-refractivity contribution in [2.45, 2.75) is 19.5 Å². The Kier molecular flexibility index (Phi) is 5.81. The molecule has 0 aromatic heterocycles. The zero-order chi connectivity index (χ0) is 13.6. The lowest BCUT2D eigenvalue weighted by molar-refractivity contribution is 0.109. The van der Waals surface area contributed by atoms with Gasteiger partial charge in [0.15, 0.2) is 0 Å². The molecule has 0 amide bonds. The lowest BCUT2D eigenvalue weighted by atomic mass is 10.2. The van der Waals surface area contributed by atoms with E-state index in [0.29, 0.717) is 5.92 Å². The predicted octanol–water partition coefficient (Wildman–Crippen LogP) is 2.54. The van der Waals surface area contributed by atoms with Crippen LogP contribution in [0.4, 0.5) is 5.69 Å². The van der Waals surface area contributed by atoms with E-state index < -0.39 is 8.80 Å². The van der Waals surface area contributed by atoms with Gasteiger partial charge in [0.1, 0.15) is 0 Å². The van der Waals surface area contributed by atoms with Crippen LogP contribution in [0, 0.1) is 5.92 Å². The largest absolute Gasteiger partial charge is 0.523 e. The molecule has 0 aliphatic carbocycles. The van der Waals surface area contributed by atoms with E-state index in [1.54, 1.807) is 21.3 Å². The van der Waals surface area contributed by atoms with Gasteiger partial charge in [-0.25, -0.2) is 0 Å². The standard InChI is InChI=1S/C13H23NO3Si/c1-11(2)13(18(15-3,16-4)17-5)14-12-9-7-6-8-10-12/h6-11,13-14H,1-5H3. The first-order valence-corrected chi connectivity index (χ1v) is 7.87. The van der Waals surface area contributed by atoms with Gasteiger partial charge in [0, 0.05) is 27.0 Å². The van der Waals surface area contributed by atoms with Gasteiger partial charge in [-0.2, -0.15) is 0 Å². The third kappa shape index (κ3) is 3.32.